The summed E-state index contributed by atoms with van der Waals surface area (Å²) < 4.78 is 1.12. The van der Waals surface area contributed by atoms with E-state index < -0.39 is 0 Å². The number of amides is 2. The van der Waals surface area contributed by atoms with Gasteiger partial charge < -0.3 is 16.0 Å². The van der Waals surface area contributed by atoms with Crippen LogP contribution in [0.2, 0.25) is 0 Å². The van der Waals surface area contributed by atoms with Gasteiger partial charge in [0, 0.05) is 30.4 Å². The van der Waals surface area contributed by atoms with Gasteiger partial charge in [0.05, 0.1) is 9.96 Å². The lowest BCUT2D eigenvalue weighted by Crippen LogP contribution is -2.31. The molecule has 134 valence electrons. The summed E-state index contributed by atoms with van der Waals surface area (Å²) in [6.07, 6.45) is 0.849. The van der Waals surface area contributed by atoms with Crippen molar-refractivity contribution in [2.24, 2.45) is 5.73 Å². The summed E-state index contributed by atoms with van der Waals surface area (Å²) in [7, 11) is 0. The van der Waals surface area contributed by atoms with E-state index in [4.69, 9.17) is 5.73 Å². The first-order chi connectivity index (χ1) is 11.6. The number of nitrogens with two attached hydrogens (primary N) is 1. The topological polar surface area (TPSA) is 75.4 Å². The largest absolute Gasteiger partial charge is 0.337 e. The molecule has 0 saturated carbocycles. The van der Waals surface area contributed by atoms with Crippen LogP contribution in [0, 0.1) is 0 Å². The maximum Gasteiger partial charge on any atom is 0.253 e. The van der Waals surface area contributed by atoms with Crippen LogP contribution in [0.25, 0.3) is 0 Å². The number of anilines is 1. The number of carbonyl (C=O) groups is 2. The first kappa shape index (κ1) is 19.8. The number of likely N-dealkylation sites (tertiary alicyclic amines) is 1. The van der Waals surface area contributed by atoms with Gasteiger partial charge in [0.15, 0.2) is 0 Å². The molecule has 0 aliphatic carbocycles. The first-order valence-corrected chi connectivity index (χ1v) is 9.59. The van der Waals surface area contributed by atoms with Crippen LogP contribution in [0.4, 0.5) is 5.69 Å². The van der Waals surface area contributed by atoms with Gasteiger partial charge in [0.25, 0.3) is 5.91 Å². The average Bonchev–Trinajstić information content (AvgIpc) is 3.24. The molecular weight excluding hydrogens is 378 g/mol. The van der Waals surface area contributed by atoms with E-state index in [2.05, 4.69) is 5.32 Å². The molecule has 8 heteroatoms. The molecule has 2 aromatic rings. The third-order valence-corrected chi connectivity index (χ3v) is 5.90. The smallest absolute Gasteiger partial charge is 0.253 e. The van der Waals surface area contributed by atoms with E-state index in [-0.39, 0.29) is 30.3 Å². The Bertz CT molecular complexity index is 707. The molecule has 2 heterocycles. The van der Waals surface area contributed by atoms with Crippen LogP contribution in [0.5, 0.6) is 0 Å². The van der Waals surface area contributed by atoms with Crippen molar-refractivity contribution in [2.45, 2.75) is 16.7 Å². The van der Waals surface area contributed by atoms with Crippen molar-refractivity contribution in [3.63, 3.8) is 0 Å². The van der Waals surface area contributed by atoms with Gasteiger partial charge in [-0.25, -0.2) is 0 Å². The molecule has 1 fully saturated rings. The number of nitrogens with one attached hydrogen (secondary N) is 1. The van der Waals surface area contributed by atoms with Crippen LogP contribution >= 0.6 is 35.5 Å². The summed E-state index contributed by atoms with van der Waals surface area (Å²) in [5.74, 6) is 0.305. The predicted molar refractivity (Wildman–Crippen MR) is 106 cm³/mol. The maximum absolute atomic E-state index is 12.3. The minimum Gasteiger partial charge on any atom is -0.337 e. The Morgan fingerprint density at radius 3 is 2.64 bits per heavy atom. The van der Waals surface area contributed by atoms with Gasteiger partial charge >= 0.3 is 0 Å². The van der Waals surface area contributed by atoms with Crippen molar-refractivity contribution in [3.05, 3.63) is 47.3 Å². The number of halogens is 1. The summed E-state index contributed by atoms with van der Waals surface area (Å²) in [6.45, 7) is 1.32. The van der Waals surface area contributed by atoms with Gasteiger partial charge in [0.1, 0.15) is 0 Å². The van der Waals surface area contributed by atoms with E-state index in [0.717, 1.165) is 10.6 Å². The van der Waals surface area contributed by atoms with Gasteiger partial charge in [-0.3, -0.25) is 9.59 Å². The van der Waals surface area contributed by atoms with Crippen molar-refractivity contribution >= 4 is 53.0 Å². The molecular formula is C17H20ClN3O2S2. The molecule has 0 spiro atoms. The Hall–Kier alpha value is -1.54. The number of nitrogens with zero attached hydrogens (tertiary/aromatic N) is 1. The van der Waals surface area contributed by atoms with Crippen molar-refractivity contribution in [3.8, 4) is 0 Å². The zero-order chi connectivity index (χ0) is 16.9. The van der Waals surface area contributed by atoms with Gasteiger partial charge in [-0.1, -0.05) is 6.07 Å². The van der Waals surface area contributed by atoms with Gasteiger partial charge in [-0.15, -0.1) is 35.5 Å². The molecule has 0 bridgehead atoms. The fraction of sp³-hybridized carbons (Fsp3) is 0.294. The molecule has 1 aromatic heterocycles. The number of thioether (sulfide) groups is 1. The second-order valence-corrected chi connectivity index (χ2v) is 7.87. The number of rotatable bonds is 5. The Labute approximate surface area is 161 Å². The number of hydrogen-bond donors (Lipinski definition) is 2. The molecule has 0 unspecified atom stereocenters. The zero-order valence-corrected chi connectivity index (χ0v) is 16.0. The highest BCUT2D eigenvalue weighted by Gasteiger charge is 2.24. The molecule has 2 amide bonds. The summed E-state index contributed by atoms with van der Waals surface area (Å²) in [5, 5.41) is 4.84. The number of carbonyl (C=O) groups excluding carboxylic acids is 2. The summed E-state index contributed by atoms with van der Waals surface area (Å²) in [4.78, 5) is 26.1. The van der Waals surface area contributed by atoms with Crippen LogP contribution in [0.15, 0.2) is 46.0 Å². The highest BCUT2D eigenvalue weighted by molar-refractivity contribution is 8.01. The SMILES string of the molecule is Cl.N[C@@H]1CCN(C(=O)c2ccc(NC(=O)CSc3cccs3)cc2)C1. The molecule has 0 radical (unpaired) electrons. The molecule has 1 aliphatic heterocycles. The second kappa shape index (κ2) is 9.24. The number of benzene rings is 1. The van der Waals surface area contributed by atoms with E-state index in [1.54, 1.807) is 40.5 Å². The Balaban J connectivity index is 0.00000225. The summed E-state index contributed by atoms with van der Waals surface area (Å²) >= 11 is 3.13. The molecule has 25 heavy (non-hydrogen) atoms. The Kier molecular flexibility index (Phi) is 7.31. The van der Waals surface area contributed by atoms with Gasteiger partial charge in [-0.05, 0) is 42.1 Å². The molecule has 1 saturated heterocycles. The molecule has 1 aliphatic rings. The average molecular weight is 398 g/mol. The quantitative estimate of drug-likeness (QED) is 0.760. The van der Waals surface area contributed by atoms with E-state index in [1.807, 2.05) is 17.5 Å². The second-order valence-electron chi connectivity index (χ2n) is 5.65. The number of hydrogen-bond acceptors (Lipinski definition) is 5. The monoisotopic (exact) mass is 397 g/mol. The van der Waals surface area contributed by atoms with E-state index in [1.165, 1.54) is 11.8 Å². The Morgan fingerprint density at radius 2 is 2.04 bits per heavy atom. The van der Waals surface area contributed by atoms with Crippen LogP contribution in [0.3, 0.4) is 0 Å². The van der Waals surface area contributed by atoms with Crippen LogP contribution in [-0.2, 0) is 4.79 Å². The summed E-state index contributed by atoms with van der Waals surface area (Å²) in [5.41, 5.74) is 7.16. The zero-order valence-electron chi connectivity index (χ0n) is 13.5. The van der Waals surface area contributed by atoms with Gasteiger partial charge in [-0.2, -0.15) is 0 Å². The fourth-order valence-electron chi connectivity index (χ4n) is 2.53. The van der Waals surface area contributed by atoms with E-state index in [0.29, 0.717) is 30.1 Å². The van der Waals surface area contributed by atoms with Crippen LogP contribution < -0.4 is 11.1 Å². The van der Waals surface area contributed by atoms with Crippen molar-refractivity contribution < 1.29 is 9.59 Å². The van der Waals surface area contributed by atoms with E-state index >= 15 is 0 Å². The van der Waals surface area contributed by atoms with Crippen molar-refractivity contribution in [1.29, 1.82) is 0 Å². The third kappa shape index (κ3) is 5.47. The summed E-state index contributed by atoms with van der Waals surface area (Å²) in [6, 6.07) is 11.0. The molecule has 1 aromatic carbocycles. The molecule has 3 rings (SSSR count). The normalized spacial score (nSPS) is 16.4. The van der Waals surface area contributed by atoms with E-state index in [9.17, 15) is 9.59 Å². The lowest BCUT2D eigenvalue weighted by atomic mass is 10.2. The van der Waals surface area contributed by atoms with Gasteiger partial charge in [0.2, 0.25) is 5.91 Å². The molecule has 1 atom stereocenters. The fourth-order valence-corrected chi connectivity index (χ4v) is 4.11. The Morgan fingerprint density at radius 1 is 1.28 bits per heavy atom. The lowest BCUT2D eigenvalue weighted by Gasteiger charge is -2.16. The molecule has 5 nitrogen and oxygen atoms in total. The molecule has 3 N–H and O–H groups in total. The number of thiophene rings is 1. The predicted octanol–water partition coefficient (Wildman–Crippen LogP) is 3.07. The third-order valence-electron chi connectivity index (χ3n) is 3.77. The first-order valence-electron chi connectivity index (χ1n) is 7.73. The van der Waals surface area contributed by atoms with Crippen molar-refractivity contribution in [1.82, 2.24) is 4.90 Å². The van der Waals surface area contributed by atoms with Crippen molar-refractivity contribution in [2.75, 3.05) is 24.2 Å². The highest BCUT2D eigenvalue weighted by atomic mass is 35.5. The van der Waals surface area contributed by atoms with Crippen LogP contribution in [0.1, 0.15) is 16.8 Å². The minimum absolute atomic E-state index is 0. The maximum atomic E-state index is 12.3. The lowest BCUT2D eigenvalue weighted by molar-refractivity contribution is -0.113. The highest BCUT2D eigenvalue weighted by Crippen LogP contribution is 2.23. The standard InChI is InChI=1S/C17H19N3O2S2.ClH/c18-13-7-8-20(10-13)17(22)12-3-5-14(6-4-12)19-15(21)11-24-16-2-1-9-23-16;/h1-6,9,13H,7-8,10-11,18H2,(H,19,21);1H/t13-;/m1./s1. The van der Waals surface area contributed by atoms with Crippen LogP contribution in [-0.4, -0.2) is 41.6 Å². The minimum atomic E-state index is -0.0574.